The lowest BCUT2D eigenvalue weighted by Crippen LogP contribution is -2.21. The highest BCUT2D eigenvalue weighted by Gasteiger charge is 2.08. The van der Waals surface area contributed by atoms with E-state index in [0.717, 1.165) is 5.56 Å². The van der Waals surface area contributed by atoms with E-state index < -0.39 is 6.10 Å². The van der Waals surface area contributed by atoms with E-state index in [1.54, 1.807) is 19.1 Å². The van der Waals surface area contributed by atoms with E-state index in [1.807, 2.05) is 0 Å². The molecule has 2 N–H and O–H groups in total. The van der Waals surface area contributed by atoms with Gasteiger partial charge in [0.2, 0.25) is 0 Å². The number of benzene rings is 2. The van der Waals surface area contributed by atoms with Crippen molar-refractivity contribution in [3.05, 3.63) is 70.5 Å². The van der Waals surface area contributed by atoms with Gasteiger partial charge in [-0.2, -0.15) is 0 Å². The minimum atomic E-state index is -0.625. The number of halogens is 1. The molecule has 20 heavy (non-hydrogen) atoms. The van der Waals surface area contributed by atoms with Crippen LogP contribution in [0.25, 0.3) is 0 Å². The van der Waals surface area contributed by atoms with Gasteiger partial charge < -0.3 is 10.4 Å². The molecule has 3 heteroatoms. The lowest BCUT2D eigenvalue weighted by atomic mass is 10.1. The second kappa shape index (κ2) is 6.64. The monoisotopic (exact) mass is 273 g/mol. The van der Waals surface area contributed by atoms with Gasteiger partial charge in [-0.3, -0.25) is 0 Å². The van der Waals surface area contributed by atoms with Gasteiger partial charge in [-0.25, -0.2) is 4.39 Å². The highest BCUT2D eigenvalue weighted by Crippen LogP contribution is 2.16. The lowest BCUT2D eigenvalue weighted by Gasteiger charge is -2.13. The van der Waals surface area contributed by atoms with E-state index in [4.69, 9.17) is 0 Å². The molecule has 1 atom stereocenters. The summed E-state index contributed by atoms with van der Waals surface area (Å²) in [6, 6.07) is 13.0. The molecule has 2 aromatic carbocycles. The van der Waals surface area contributed by atoms with Crippen LogP contribution in [0, 0.1) is 19.7 Å². The summed E-state index contributed by atoms with van der Waals surface area (Å²) in [6.07, 6.45) is -0.625. The van der Waals surface area contributed by atoms with Gasteiger partial charge in [0, 0.05) is 13.1 Å². The summed E-state index contributed by atoms with van der Waals surface area (Å²) in [7, 11) is 0. The first kappa shape index (κ1) is 14.7. The van der Waals surface area contributed by atoms with E-state index in [2.05, 4.69) is 36.5 Å². The molecule has 0 aliphatic carbocycles. The molecular formula is C17H20FNO. The number of hydrogen-bond acceptors (Lipinski definition) is 2. The first-order valence-electron chi connectivity index (χ1n) is 6.76. The van der Waals surface area contributed by atoms with Crippen LogP contribution >= 0.6 is 0 Å². The maximum absolute atomic E-state index is 13.2. The number of aliphatic hydroxyl groups excluding tert-OH is 1. The molecule has 0 fully saturated rings. The number of aliphatic hydroxyl groups is 1. The first-order chi connectivity index (χ1) is 9.56. The first-order valence-corrected chi connectivity index (χ1v) is 6.76. The van der Waals surface area contributed by atoms with Crippen molar-refractivity contribution < 1.29 is 9.50 Å². The second-order valence-electron chi connectivity index (χ2n) is 5.14. The molecule has 0 radical (unpaired) electrons. The highest BCUT2D eigenvalue weighted by atomic mass is 19.1. The van der Waals surface area contributed by atoms with E-state index in [0.29, 0.717) is 18.7 Å². The summed E-state index contributed by atoms with van der Waals surface area (Å²) < 4.78 is 13.2. The molecule has 0 amide bonds. The fraction of sp³-hybridized carbons (Fsp3) is 0.294. The van der Waals surface area contributed by atoms with Gasteiger partial charge in [-0.15, -0.1) is 0 Å². The summed E-state index contributed by atoms with van der Waals surface area (Å²) in [6.45, 7) is 4.90. The predicted molar refractivity (Wildman–Crippen MR) is 79.0 cm³/mol. The van der Waals surface area contributed by atoms with Crippen LogP contribution in [0.4, 0.5) is 4.39 Å². The molecule has 0 aliphatic heterocycles. The third-order valence-electron chi connectivity index (χ3n) is 3.35. The van der Waals surface area contributed by atoms with Crippen molar-refractivity contribution in [2.24, 2.45) is 0 Å². The summed E-state index contributed by atoms with van der Waals surface area (Å²) in [5, 5.41) is 13.3. The fourth-order valence-corrected chi connectivity index (χ4v) is 2.05. The molecule has 0 spiro atoms. The number of nitrogens with one attached hydrogen (secondary N) is 1. The van der Waals surface area contributed by atoms with E-state index >= 15 is 0 Å². The molecule has 2 rings (SSSR count). The maximum atomic E-state index is 13.2. The average Bonchev–Trinajstić information content (AvgIpc) is 2.44. The van der Waals surface area contributed by atoms with Crippen molar-refractivity contribution in [2.45, 2.75) is 26.5 Å². The van der Waals surface area contributed by atoms with E-state index in [1.165, 1.54) is 17.2 Å². The lowest BCUT2D eigenvalue weighted by molar-refractivity contribution is 0.174. The van der Waals surface area contributed by atoms with Crippen LogP contribution in [-0.2, 0) is 6.54 Å². The SMILES string of the molecule is Cc1ccc(CNCC(O)c2ccc(F)c(C)c2)cc1. The van der Waals surface area contributed by atoms with Crippen molar-refractivity contribution in [3.8, 4) is 0 Å². The molecule has 0 heterocycles. The molecule has 0 saturated heterocycles. The Morgan fingerprint density at radius 3 is 2.45 bits per heavy atom. The third-order valence-corrected chi connectivity index (χ3v) is 3.35. The Bertz CT molecular complexity index is 566. The van der Waals surface area contributed by atoms with Crippen molar-refractivity contribution in [2.75, 3.05) is 6.54 Å². The van der Waals surface area contributed by atoms with Gasteiger partial charge in [-0.05, 0) is 36.6 Å². The zero-order valence-corrected chi connectivity index (χ0v) is 11.9. The van der Waals surface area contributed by atoms with Gasteiger partial charge in [-0.1, -0.05) is 42.0 Å². The fourth-order valence-electron chi connectivity index (χ4n) is 2.05. The van der Waals surface area contributed by atoms with E-state index in [9.17, 15) is 9.50 Å². The van der Waals surface area contributed by atoms with Crippen LogP contribution in [0.2, 0.25) is 0 Å². The molecule has 106 valence electrons. The van der Waals surface area contributed by atoms with Gasteiger partial charge in [0.05, 0.1) is 6.10 Å². The largest absolute Gasteiger partial charge is 0.387 e. The quantitative estimate of drug-likeness (QED) is 0.876. The summed E-state index contributed by atoms with van der Waals surface area (Å²) in [4.78, 5) is 0. The Hall–Kier alpha value is -1.71. The zero-order chi connectivity index (χ0) is 14.5. The van der Waals surface area contributed by atoms with Crippen molar-refractivity contribution >= 4 is 0 Å². The Morgan fingerprint density at radius 1 is 1.10 bits per heavy atom. The second-order valence-corrected chi connectivity index (χ2v) is 5.14. The Labute approximate surface area is 119 Å². The van der Waals surface area contributed by atoms with Gasteiger partial charge in [0.1, 0.15) is 5.82 Å². The minimum Gasteiger partial charge on any atom is -0.387 e. The van der Waals surface area contributed by atoms with Crippen molar-refractivity contribution in [1.82, 2.24) is 5.32 Å². The maximum Gasteiger partial charge on any atom is 0.126 e. The standard InChI is InChI=1S/C17H20FNO/c1-12-3-5-14(6-4-12)10-19-11-17(20)15-7-8-16(18)13(2)9-15/h3-9,17,19-20H,10-11H2,1-2H3. The van der Waals surface area contributed by atoms with Crippen LogP contribution in [0.15, 0.2) is 42.5 Å². The molecule has 0 aromatic heterocycles. The summed E-state index contributed by atoms with van der Waals surface area (Å²) in [5.41, 5.74) is 3.70. The van der Waals surface area contributed by atoms with Gasteiger partial charge in [0.15, 0.2) is 0 Å². The molecule has 2 nitrogen and oxygen atoms in total. The Balaban J connectivity index is 1.87. The normalized spacial score (nSPS) is 12.4. The van der Waals surface area contributed by atoms with Gasteiger partial charge >= 0.3 is 0 Å². The topological polar surface area (TPSA) is 32.3 Å². The van der Waals surface area contributed by atoms with Crippen molar-refractivity contribution in [3.63, 3.8) is 0 Å². The number of rotatable bonds is 5. The molecule has 0 bridgehead atoms. The third kappa shape index (κ3) is 3.89. The summed E-state index contributed by atoms with van der Waals surface area (Å²) in [5.74, 6) is -0.242. The van der Waals surface area contributed by atoms with Crippen LogP contribution in [0.5, 0.6) is 0 Å². The Morgan fingerprint density at radius 2 is 1.80 bits per heavy atom. The number of aryl methyl sites for hydroxylation is 2. The molecule has 0 aliphatic rings. The van der Waals surface area contributed by atoms with E-state index in [-0.39, 0.29) is 5.82 Å². The predicted octanol–water partition coefficient (Wildman–Crippen LogP) is 3.27. The van der Waals surface area contributed by atoms with Gasteiger partial charge in [0.25, 0.3) is 0 Å². The molecule has 0 saturated carbocycles. The van der Waals surface area contributed by atoms with Crippen molar-refractivity contribution in [1.29, 1.82) is 0 Å². The molecular weight excluding hydrogens is 253 g/mol. The van der Waals surface area contributed by atoms with Crippen LogP contribution < -0.4 is 5.32 Å². The molecule has 2 aromatic rings. The number of hydrogen-bond donors (Lipinski definition) is 2. The van der Waals surface area contributed by atoms with Crippen LogP contribution in [-0.4, -0.2) is 11.7 Å². The smallest absolute Gasteiger partial charge is 0.126 e. The molecule has 1 unspecified atom stereocenters. The average molecular weight is 273 g/mol. The summed E-state index contributed by atoms with van der Waals surface area (Å²) >= 11 is 0. The van der Waals surface area contributed by atoms with Crippen LogP contribution in [0.1, 0.15) is 28.4 Å². The Kier molecular flexibility index (Phi) is 4.88. The zero-order valence-electron chi connectivity index (χ0n) is 11.9. The minimum absolute atomic E-state index is 0.242. The van der Waals surface area contributed by atoms with Crippen LogP contribution in [0.3, 0.4) is 0 Å². The highest BCUT2D eigenvalue weighted by molar-refractivity contribution is 5.26.